The molecule has 0 aromatic heterocycles. The van der Waals surface area contributed by atoms with Crippen molar-refractivity contribution in [3.8, 4) is 0 Å². The molecule has 0 atom stereocenters. The number of barbiturate groups is 1. The molecular formula is C27H20N2O5. The van der Waals surface area contributed by atoms with Crippen LogP contribution in [0.2, 0.25) is 0 Å². The first-order valence-corrected chi connectivity index (χ1v) is 10.9. The number of nitrogens with zero attached hydrogens (tertiary/aromatic N) is 2. The maximum Gasteiger partial charge on any atom is 0.342 e. The van der Waals surface area contributed by atoms with Crippen molar-refractivity contribution < 1.29 is 23.9 Å². The Morgan fingerprint density at radius 3 is 1.62 bits per heavy atom. The van der Waals surface area contributed by atoms with Crippen LogP contribution in [-0.4, -0.2) is 30.4 Å². The number of carbonyl (C=O) groups is 4. The average molecular weight is 452 g/mol. The van der Waals surface area contributed by atoms with E-state index in [1.807, 2.05) is 36.4 Å². The molecule has 7 heteroatoms. The molecule has 0 unspecified atom stereocenters. The van der Waals surface area contributed by atoms with Gasteiger partial charge in [-0.05, 0) is 29.8 Å². The number of esters is 1. The number of rotatable bonds is 4. The van der Waals surface area contributed by atoms with Crippen LogP contribution in [0.3, 0.4) is 0 Å². The van der Waals surface area contributed by atoms with Gasteiger partial charge in [0, 0.05) is 10.8 Å². The minimum atomic E-state index is -1.80. The molecule has 1 saturated heterocycles. The fourth-order valence-corrected chi connectivity index (χ4v) is 4.33. The van der Waals surface area contributed by atoms with E-state index in [1.165, 1.54) is 0 Å². The third kappa shape index (κ3) is 3.29. The first-order valence-electron chi connectivity index (χ1n) is 10.9. The second-order valence-corrected chi connectivity index (χ2v) is 7.81. The Morgan fingerprint density at radius 1 is 0.706 bits per heavy atom. The van der Waals surface area contributed by atoms with Crippen molar-refractivity contribution in [2.45, 2.75) is 6.92 Å². The molecule has 0 spiro atoms. The number of anilines is 2. The van der Waals surface area contributed by atoms with Crippen LogP contribution >= 0.6 is 0 Å². The van der Waals surface area contributed by atoms with Gasteiger partial charge in [-0.25, -0.2) is 14.6 Å². The highest BCUT2D eigenvalue weighted by atomic mass is 16.5. The molecule has 1 aliphatic heterocycles. The van der Waals surface area contributed by atoms with Crippen molar-refractivity contribution in [1.82, 2.24) is 0 Å². The van der Waals surface area contributed by atoms with Crippen molar-refractivity contribution in [2.24, 2.45) is 5.92 Å². The third-order valence-corrected chi connectivity index (χ3v) is 5.85. The van der Waals surface area contributed by atoms with Gasteiger partial charge in [0.05, 0.1) is 18.0 Å². The first kappa shape index (κ1) is 21.3. The Bertz CT molecular complexity index is 1370. The molecule has 0 bridgehead atoms. The number of ether oxygens (including phenoxy) is 1. The Hall–Kier alpha value is -4.52. The lowest BCUT2D eigenvalue weighted by Crippen LogP contribution is -2.62. The maximum absolute atomic E-state index is 13.8. The second kappa shape index (κ2) is 8.44. The van der Waals surface area contributed by atoms with Crippen LogP contribution in [-0.2, 0) is 19.1 Å². The molecule has 0 aliphatic carbocycles. The summed E-state index contributed by atoms with van der Waals surface area (Å²) >= 11 is 0. The summed E-state index contributed by atoms with van der Waals surface area (Å²) in [6.45, 7) is 1.58. The number of amides is 4. The van der Waals surface area contributed by atoms with E-state index in [1.54, 1.807) is 55.5 Å². The monoisotopic (exact) mass is 452 g/mol. The van der Waals surface area contributed by atoms with Gasteiger partial charge in [0.15, 0.2) is 0 Å². The van der Waals surface area contributed by atoms with E-state index in [-0.39, 0.29) is 6.61 Å². The lowest BCUT2D eigenvalue weighted by atomic mass is 9.99. The molecule has 1 fully saturated rings. The summed E-state index contributed by atoms with van der Waals surface area (Å²) in [5.74, 6) is -4.64. The van der Waals surface area contributed by atoms with Crippen LogP contribution in [0, 0.1) is 5.92 Å². The van der Waals surface area contributed by atoms with Gasteiger partial charge in [0.1, 0.15) is 0 Å². The van der Waals surface area contributed by atoms with Crippen molar-refractivity contribution in [2.75, 3.05) is 16.4 Å². The van der Waals surface area contributed by atoms with Gasteiger partial charge in [-0.1, -0.05) is 72.8 Å². The van der Waals surface area contributed by atoms with Gasteiger partial charge in [0.25, 0.3) is 11.8 Å². The van der Waals surface area contributed by atoms with Gasteiger partial charge < -0.3 is 4.74 Å². The fourth-order valence-electron chi connectivity index (χ4n) is 4.33. The van der Waals surface area contributed by atoms with Gasteiger partial charge in [-0.15, -0.1) is 0 Å². The number of fused-ring (bicyclic) bond motifs is 2. The first-order chi connectivity index (χ1) is 16.5. The van der Waals surface area contributed by atoms with Crippen molar-refractivity contribution in [3.63, 3.8) is 0 Å². The standard InChI is InChI=1S/C27H20N2O5/c1-2-34-26(32)23-24(30)28(21-15-7-11-17-9-3-5-13-19(17)21)27(33)29(25(23)31)22-16-8-12-18-10-4-6-14-20(18)22/h3-16,23H,2H2,1H3. The van der Waals surface area contributed by atoms with Gasteiger partial charge in [-0.3, -0.25) is 14.4 Å². The van der Waals surface area contributed by atoms with Crippen molar-refractivity contribution >= 4 is 56.7 Å². The van der Waals surface area contributed by atoms with Gasteiger partial charge in [-0.2, -0.15) is 0 Å². The molecule has 0 N–H and O–H groups in total. The zero-order chi connectivity index (χ0) is 23.8. The van der Waals surface area contributed by atoms with Crippen LogP contribution in [0.5, 0.6) is 0 Å². The van der Waals surface area contributed by atoms with E-state index in [2.05, 4.69) is 0 Å². The molecule has 1 aliphatic rings. The highest BCUT2D eigenvalue weighted by molar-refractivity contribution is 6.42. The van der Waals surface area contributed by atoms with Crippen LogP contribution < -0.4 is 9.80 Å². The Balaban J connectivity index is 1.74. The predicted octanol–water partition coefficient (Wildman–Crippen LogP) is 4.67. The summed E-state index contributed by atoms with van der Waals surface area (Å²) in [4.78, 5) is 55.4. The number of carbonyl (C=O) groups excluding carboxylic acids is 4. The Kier molecular flexibility index (Phi) is 5.30. The molecule has 0 radical (unpaired) electrons. The molecule has 1 heterocycles. The van der Waals surface area contributed by atoms with E-state index in [0.717, 1.165) is 20.6 Å². The molecule has 4 amide bonds. The summed E-state index contributed by atoms with van der Waals surface area (Å²) in [5, 5.41) is 2.90. The molecule has 7 nitrogen and oxygen atoms in total. The largest absolute Gasteiger partial charge is 0.465 e. The zero-order valence-electron chi connectivity index (χ0n) is 18.3. The topological polar surface area (TPSA) is 84.0 Å². The quantitative estimate of drug-likeness (QED) is 0.332. The fraction of sp³-hybridized carbons (Fsp3) is 0.111. The van der Waals surface area contributed by atoms with E-state index < -0.39 is 29.7 Å². The van der Waals surface area contributed by atoms with E-state index >= 15 is 0 Å². The van der Waals surface area contributed by atoms with Crippen LogP contribution in [0.1, 0.15) is 6.92 Å². The number of hydrogen-bond acceptors (Lipinski definition) is 5. The van der Waals surface area contributed by atoms with Gasteiger partial charge in [0.2, 0.25) is 5.92 Å². The molecular weight excluding hydrogens is 432 g/mol. The molecule has 4 aromatic carbocycles. The summed E-state index contributed by atoms with van der Waals surface area (Å²) in [6, 6.07) is 24.1. The average Bonchev–Trinajstić information content (AvgIpc) is 2.84. The number of benzene rings is 4. The highest BCUT2D eigenvalue weighted by Gasteiger charge is 2.52. The minimum Gasteiger partial charge on any atom is -0.465 e. The van der Waals surface area contributed by atoms with Crippen LogP contribution in [0.4, 0.5) is 16.2 Å². The number of imide groups is 2. The highest BCUT2D eigenvalue weighted by Crippen LogP contribution is 2.36. The Morgan fingerprint density at radius 2 is 1.15 bits per heavy atom. The lowest BCUT2D eigenvalue weighted by Gasteiger charge is -2.36. The number of urea groups is 1. The summed E-state index contributed by atoms with van der Waals surface area (Å²) < 4.78 is 5.06. The molecule has 5 rings (SSSR count). The van der Waals surface area contributed by atoms with E-state index in [4.69, 9.17) is 4.74 Å². The minimum absolute atomic E-state index is 0.00756. The molecule has 0 saturated carbocycles. The van der Waals surface area contributed by atoms with Crippen LogP contribution in [0.25, 0.3) is 21.5 Å². The zero-order valence-corrected chi connectivity index (χ0v) is 18.3. The second-order valence-electron chi connectivity index (χ2n) is 7.81. The maximum atomic E-state index is 13.8. The summed E-state index contributed by atoms with van der Waals surface area (Å²) in [6.07, 6.45) is 0. The summed E-state index contributed by atoms with van der Waals surface area (Å²) in [5.41, 5.74) is 0.584. The normalized spacial score (nSPS) is 14.8. The number of hydrogen-bond donors (Lipinski definition) is 0. The summed E-state index contributed by atoms with van der Waals surface area (Å²) in [7, 11) is 0. The third-order valence-electron chi connectivity index (χ3n) is 5.85. The van der Waals surface area contributed by atoms with Crippen molar-refractivity contribution in [3.05, 3.63) is 84.9 Å². The molecule has 4 aromatic rings. The SMILES string of the molecule is CCOC(=O)C1C(=O)N(c2cccc3ccccc23)C(=O)N(c2cccc3ccccc23)C1=O. The van der Waals surface area contributed by atoms with Crippen molar-refractivity contribution in [1.29, 1.82) is 0 Å². The molecule has 168 valence electrons. The van der Waals surface area contributed by atoms with Crippen LogP contribution in [0.15, 0.2) is 84.9 Å². The smallest absolute Gasteiger partial charge is 0.342 e. The van der Waals surface area contributed by atoms with Gasteiger partial charge >= 0.3 is 12.0 Å². The molecule has 34 heavy (non-hydrogen) atoms. The van der Waals surface area contributed by atoms with E-state index in [0.29, 0.717) is 22.1 Å². The Labute approximate surface area is 195 Å². The van der Waals surface area contributed by atoms with E-state index in [9.17, 15) is 19.2 Å². The predicted molar refractivity (Wildman–Crippen MR) is 128 cm³/mol. The lowest BCUT2D eigenvalue weighted by molar-refractivity contribution is -0.154.